The minimum atomic E-state index is -0.0388. The summed E-state index contributed by atoms with van der Waals surface area (Å²) in [6.07, 6.45) is 1.77. The number of benzene rings is 2. The number of aromatic nitrogens is 6. The zero-order valence-corrected chi connectivity index (χ0v) is 20.3. The maximum Gasteiger partial charge on any atom is 0.326 e. The van der Waals surface area contributed by atoms with E-state index in [0.29, 0.717) is 0 Å². The Kier molecular flexibility index (Phi) is 5.79. The van der Waals surface area contributed by atoms with Crippen molar-refractivity contribution in [1.82, 2.24) is 34.7 Å². The number of nitrogens with one attached hydrogen (secondary N) is 1. The second kappa shape index (κ2) is 9.24. The minimum Gasteiger partial charge on any atom is -0.306 e. The Morgan fingerprint density at radius 1 is 1.00 bits per heavy atom. The Labute approximate surface area is 206 Å². The van der Waals surface area contributed by atoms with Gasteiger partial charge in [0, 0.05) is 19.1 Å². The van der Waals surface area contributed by atoms with Crippen LogP contribution in [0.4, 0.5) is 0 Å². The molecule has 2 aromatic carbocycles. The van der Waals surface area contributed by atoms with E-state index in [9.17, 15) is 4.79 Å². The van der Waals surface area contributed by atoms with Gasteiger partial charge in [0.1, 0.15) is 0 Å². The van der Waals surface area contributed by atoms with E-state index in [1.165, 1.54) is 11.1 Å². The van der Waals surface area contributed by atoms with Gasteiger partial charge in [-0.05, 0) is 70.3 Å². The average molecular weight is 486 g/mol. The van der Waals surface area contributed by atoms with E-state index < -0.39 is 0 Å². The first kappa shape index (κ1) is 21.9. The molecule has 0 radical (unpaired) electrons. The van der Waals surface area contributed by atoms with Crippen molar-refractivity contribution in [3.8, 4) is 0 Å². The van der Waals surface area contributed by atoms with Crippen LogP contribution in [0.5, 0.6) is 0 Å². The molecule has 1 aliphatic heterocycles. The smallest absolute Gasteiger partial charge is 0.306 e. The number of imidazole rings is 1. The van der Waals surface area contributed by atoms with Crippen molar-refractivity contribution in [3.05, 3.63) is 98.9 Å². The van der Waals surface area contributed by atoms with Crippen molar-refractivity contribution in [3.63, 3.8) is 0 Å². The van der Waals surface area contributed by atoms with Crippen LogP contribution >= 0.6 is 11.3 Å². The quantitative estimate of drug-likeness (QED) is 0.385. The number of piperidine rings is 1. The highest BCUT2D eigenvalue weighted by atomic mass is 32.1. The number of tetrazole rings is 1. The van der Waals surface area contributed by atoms with Gasteiger partial charge in [-0.15, -0.1) is 5.10 Å². The van der Waals surface area contributed by atoms with E-state index in [1.807, 2.05) is 51.7 Å². The molecule has 5 aromatic rings. The molecule has 3 aromatic heterocycles. The lowest BCUT2D eigenvalue weighted by atomic mass is 9.99. The monoisotopic (exact) mass is 485 g/mol. The summed E-state index contributed by atoms with van der Waals surface area (Å²) in [7, 11) is 0. The summed E-state index contributed by atoms with van der Waals surface area (Å²) in [4.78, 5) is 18.2. The van der Waals surface area contributed by atoms with E-state index >= 15 is 0 Å². The van der Waals surface area contributed by atoms with Gasteiger partial charge < -0.3 is 4.98 Å². The molecule has 1 saturated heterocycles. The van der Waals surface area contributed by atoms with Gasteiger partial charge in [0.2, 0.25) is 0 Å². The fraction of sp³-hybridized carbons (Fsp3) is 0.308. The van der Waals surface area contributed by atoms with E-state index in [2.05, 4.69) is 61.3 Å². The van der Waals surface area contributed by atoms with Gasteiger partial charge in [-0.1, -0.05) is 42.5 Å². The Hall–Kier alpha value is -3.56. The zero-order chi connectivity index (χ0) is 23.8. The van der Waals surface area contributed by atoms with Crippen molar-refractivity contribution < 1.29 is 0 Å². The summed E-state index contributed by atoms with van der Waals surface area (Å²) >= 11 is 1.69. The maximum atomic E-state index is 12.7. The van der Waals surface area contributed by atoms with E-state index in [0.717, 1.165) is 42.8 Å². The fourth-order valence-corrected chi connectivity index (χ4v) is 6.00. The molecule has 1 N–H and O–H groups in total. The lowest BCUT2D eigenvalue weighted by molar-refractivity contribution is 0.146. The third-order valence-corrected chi connectivity index (χ3v) is 7.83. The molecule has 0 saturated carbocycles. The molecule has 1 aliphatic rings. The highest BCUT2D eigenvalue weighted by Crippen LogP contribution is 2.35. The van der Waals surface area contributed by atoms with Crippen molar-refractivity contribution in [2.24, 2.45) is 0 Å². The Bertz CT molecular complexity index is 1460. The molecule has 4 heterocycles. The van der Waals surface area contributed by atoms with Gasteiger partial charge in [-0.2, -0.15) is 11.3 Å². The normalized spacial score (nSPS) is 17.1. The lowest BCUT2D eigenvalue weighted by Crippen LogP contribution is -2.40. The third-order valence-electron chi connectivity index (χ3n) is 7.12. The number of H-pyrrole nitrogens is 1. The molecule has 35 heavy (non-hydrogen) atoms. The molecular weight excluding hydrogens is 458 g/mol. The number of hydrogen-bond acceptors (Lipinski definition) is 6. The van der Waals surface area contributed by atoms with Crippen molar-refractivity contribution in [1.29, 1.82) is 0 Å². The number of fused-ring (bicyclic) bond motifs is 1. The first-order valence-electron chi connectivity index (χ1n) is 12.0. The van der Waals surface area contributed by atoms with Gasteiger partial charge in [0.25, 0.3) is 0 Å². The second-order valence-electron chi connectivity index (χ2n) is 9.11. The van der Waals surface area contributed by atoms with Crippen LogP contribution in [0.1, 0.15) is 54.8 Å². The third kappa shape index (κ3) is 4.00. The first-order valence-corrected chi connectivity index (χ1v) is 12.9. The topological polar surface area (TPSA) is 84.6 Å². The van der Waals surface area contributed by atoms with Crippen molar-refractivity contribution in [2.75, 3.05) is 13.1 Å². The lowest BCUT2D eigenvalue weighted by Gasteiger charge is -2.37. The Morgan fingerprint density at radius 3 is 2.54 bits per heavy atom. The summed E-state index contributed by atoms with van der Waals surface area (Å²) in [6, 6.07) is 20.6. The highest BCUT2D eigenvalue weighted by Gasteiger charge is 2.33. The number of aromatic amines is 1. The molecule has 0 amide bonds. The molecule has 8 nitrogen and oxygen atoms in total. The molecular formula is C26H27N7OS. The number of thiophene rings is 1. The average Bonchev–Trinajstić information content (AvgIpc) is 3.65. The van der Waals surface area contributed by atoms with Crippen LogP contribution in [0, 0.1) is 0 Å². The molecule has 178 valence electrons. The summed E-state index contributed by atoms with van der Waals surface area (Å²) in [5, 5.41) is 17.3. The highest BCUT2D eigenvalue weighted by molar-refractivity contribution is 7.08. The SMILES string of the molecule is CC(c1ccccc1)n1nnnc1[C@@H](c1ccsc1)N1CCC(n2c(=O)[nH]c3ccccc32)CC1. The van der Waals surface area contributed by atoms with E-state index in [4.69, 9.17) is 0 Å². The minimum absolute atomic E-state index is 0.0182. The number of nitrogens with zero attached hydrogens (tertiary/aromatic N) is 6. The Balaban J connectivity index is 1.30. The number of rotatable bonds is 6. The molecule has 0 bridgehead atoms. The molecule has 0 spiro atoms. The standard InChI is InChI=1S/C26H27N7OS/c1-18(19-7-3-2-4-8-19)33-25(28-29-30-33)24(20-13-16-35-17-20)31-14-11-21(12-15-31)32-23-10-6-5-9-22(23)27-26(32)34/h2-10,13,16-18,21,24H,11-12,14-15H2,1H3,(H,27,34)/t18?,24-/m1/s1. The van der Waals surface area contributed by atoms with Gasteiger partial charge in [-0.3, -0.25) is 9.47 Å². The number of hydrogen-bond donors (Lipinski definition) is 1. The largest absolute Gasteiger partial charge is 0.326 e. The second-order valence-corrected chi connectivity index (χ2v) is 9.89. The number of para-hydroxylation sites is 2. The van der Waals surface area contributed by atoms with Crippen LogP contribution in [0.2, 0.25) is 0 Å². The molecule has 2 atom stereocenters. The van der Waals surface area contributed by atoms with Crippen molar-refractivity contribution in [2.45, 2.75) is 37.9 Å². The zero-order valence-electron chi connectivity index (χ0n) is 19.5. The molecule has 1 fully saturated rings. The maximum absolute atomic E-state index is 12.7. The van der Waals surface area contributed by atoms with Crippen LogP contribution in [0.15, 0.2) is 76.2 Å². The summed E-state index contributed by atoms with van der Waals surface area (Å²) < 4.78 is 3.89. The predicted octanol–water partition coefficient (Wildman–Crippen LogP) is 4.41. The predicted molar refractivity (Wildman–Crippen MR) is 137 cm³/mol. The van der Waals surface area contributed by atoms with Crippen molar-refractivity contribution >= 4 is 22.4 Å². The van der Waals surface area contributed by atoms with E-state index in [-0.39, 0.29) is 23.8 Å². The van der Waals surface area contributed by atoms with Crippen LogP contribution in [0.3, 0.4) is 0 Å². The summed E-state index contributed by atoms with van der Waals surface area (Å²) in [6.45, 7) is 3.84. The van der Waals surface area contributed by atoms with Gasteiger partial charge in [0.05, 0.1) is 23.1 Å². The van der Waals surface area contributed by atoms with Crippen LogP contribution in [-0.4, -0.2) is 47.7 Å². The first-order chi connectivity index (χ1) is 17.2. The van der Waals surface area contributed by atoms with Crippen LogP contribution in [0.25, 0.3) is 11.0 Å². The summed E-state index contributed by atoms with van der Waals surface area (Å²) in [5.41, 5.74) is 4.22. The van der Waals surface area contributed by atoms with Gasteiger partial charge >= 0.3 is 5.69 Å². The molecule has 9 heteroatoms. The Morgan fingerprint density at radius 2 is 1.77 bits per heavy atom. The van der Waals surface area contributed by atoms with Crippen LogP contribution in [-0.2, 0) is 0 Å². The van der Waals surface area contributed by atoms with E-state index in [1.54, 1.807) is 11.3 Å². The molecule has 6 rings (SSSR count). The summed E-state index contributed by atoms with van der Waals surface area (Å²) in [5.74, 6) is 0.850. The van der Waals surface area contributed by atoms with Crippen LogP contribution < -0.4 is 5.69 Å². The molecule has 1 unspecified atom stereocenters. The molecule has 0 aliphatic carbocycles. The van der Waals surface area contributed by atoms with Gasteiger partial charge in [-0.25, -0.2) is 9.48 Å². The fourth-order valence-electron chi connectivity index (χ4n) is 5.32. The van der Waals surface area contributed by atoms with Gasteiger partial charge in [0.15, 0.2) is 5.82 Å². The number of likely N-dealkylation sites (tertiary alicyclic amines) is 1.